The lowest BCUT2D eigenvalue weighted by Crippen LogP contribution is -2.40. The molecule has 0 bridgehead atoms. The Morgan fingerprint density at radius 3 is 2.55 bits per heavy atom. The van der Waals surface area contributed by atoms with Crippen LogP contribution < -0.4 is 24.9 Å². The molecule has 0 saturated heterocycles. The van der Waals surface area contributed by atoms with Gasteiger partial charge in [-0.05, 0) is 48.9 Å². The molecule has 8 heteroatoms. The van der Waals surface area contributed by atoms with Gasteiger partial charge in [-0.2, -0.15) is 0 Å². The van der Waals surface area contributed by atoms with Crippen molar-refractivity contribution in [2.75, 3.05) is 11.9 Å². The first kappa shape index (κ1) is 25.6. The summed E-state index contributed by atoms with van der Waals surface area (Å²) >= 11 is 4.79. The Balaban J connectivity index is 1.66. The third-order valence-electron chi connectivity index (χ3n) is 6.03. The van der Waals surface area contributed by atoms with Gasteiger partial charge in [-0.1, -0.05) is 88.5 Å². The second kappa shape index (κ2) is 11.2. The van der Waals surface area contributed by atoms with E-state index in [4.69, 9.17) is 9.73 Å². The third-order valence-corrected chi connectivity index (χ3v) is 7.50. The average Bonchev–Trinajstić information content (AvgIpc) is 3.22. The first-order chi connectivity index (χ1) is 18.5. The van der Waals surface area contributed by atoms with E-state index in [0.29, 0.717) is 38.6 Å². The van der Waals surface area contributed by atoms with Gasteiger partial charge in [0.1, 0.15) is 12.4 Å². The first-order valence-electron chi connectivity index (χ1n) is 11.9. The van der Waals surface area contributed by atoms with Crippen molar-refractivity contribution < 1.29 is 9.53 Å². The predicted octanol–water partition coefficient (Wildman–Crippen LogP) is 5.20. The van der Waals surface area contributed by atoms with Crippen molar-refractivity contribution in [3.63, 3.8) is 0 Å². The normalized spacial score (nSPS) is 15.0. The molecule has 38 heavy (non-hydrogen) atoms. The van der Waals surface area contributed by atoms with E-state index < -0.39 is 6.04 Å². The minimum Gasteiger partial charge on any atom is -0.489 e. The molecule has 3 aromatic carbocycles. The number of amides is 1. The minimum absolute atomic E-state index is 0.227. The zero-order valence-corrected chi connectivity index (χ0v) is 23.0. The van der Waals surface area contributed by atoms with Crippen LogP contribution in [0.25, 0.3) is 6.08 Å². The number of carbonyl (C=O) groups excluding carboxylic acids is 1. The van der Waals surface area contributed by atoms with Gasteiger partial charge in [0, 0.05) is 15.7 Å². The van der Waals surface area contributed by atoms with Crippen LogP contribution >= 0.6 is 27.3 Å². The maximum absolute atomic E-state index is 13.9. The molecule has 1 aromatic heterocycles. The van der Waals surface area contributed by atoms with E-state index in [1.807, 2.05) is 85.8 Å². The topological polar surface area (TPSA) is 72.7 Å². The predicted molar refractivity (Wildman–Crippen MR) is 155 cm³/mol. The summed E-state index contributed by atoms with van der Waals surface area (Å²) in [7, 11) is 0. The zero-order chi connectivity index (χ0) is 26.6. The molecule has 0 aliphatic carbocycles. The standard InChI is InChI=1S/C30H24BrN3O3S/c1-3-16-37-24-15-14-22(31)17-21(24)18-25-29(36)34-27(20-10-6-4-7-11-20)26(19(2)32-30(34)38-25)28(35)33-23-12-8-5-9-13-23/h3-15,17-18,27H,1,16H2,2H3,(H,33,35)/b25-18-/t27-/m1/s1. The van der Waals surface area contributed by atoms with E-state index in [0.717, 1.165) is 15.6 Å². The molecule has 5 rings (SSSR count). The lowest BCUT2D eigenvalue weighted by molar-refractivity contribution is -0.113. The summed E-state index contributed by atoms with van der Waals surface area (Å²) < 4.78 is 8.77. The van der Waals surface area contributed by atoms with Crippen molar-refractivity contribution in [3.8, 4) is 5.75 Å². The van der Waals surface area contributed by atoms with Crippen LogP contribution in [0.1, 0.15) is 24.1 Å². The monoisotopic (exact) mass is 585 g/mol. The van der Waals surface area contributed by atoms with E-state index in [2.05, 4.69) is 27.8 Å². The summed E-state index contributed by atoms with van der Waals surface area (Å²) in [5, 5.41) is 2.97. The molecule has 1 N–H and O–H groups in total. The summed E-state index contributed by atoms with van der Waals surface area (Å²) in [6, 6.07) is 23.8. The number of allylic oxidation sites excluding steroid dienone is 1. The van der Waals surface area contributed by atoms with Crippen molar-refractivity contribution in [2.24, 2.45) is 4.99 Å². The highest BCUT2D eigenvalue weighted by Crippen LogP contribution is 2.31. The molecule has 0 radical (unpaired) electrons. The second-order valence-electron chi connectivity index (χ2n) is 8.59. The van der Waals surface area contributed by atoms with Crippen molar-refractivity contribution in [3.05, 3.63) is 138 Å². The van der Waals surface area contributed by atoms with Crippen molar-refractivity contribution in [1.82, 2.24) is 4.57 Å². The Kier molecular flexibility index (Phi) is 7.53. The van der Waals surface area contributed by atoms with Gasteiger partial charge in [0.15, 0.2) is 4.80 Å². The molecule has 1 atom stereocenters. The molecule has 0 fully saturated rings. The zero-order valence-electron chi connectivity index (χ0n) is 20.6. The average molecular weight is 587 g/mol. The fourth-order valence-electron chi connectivity index (χ4n) is 4.34. The summed E-state index contributed by atoms with van der Waals surface area (Å²) in [5.41, 5.74) is 3.01. The Morgan fingerprint density at radius 1 is 1.13 bits per heavy atom. The number of hydrogen-bond acceptors (Lipinski definition) is 5. The van der Waals surface area contributed by atoms with Gasteiger partial charge in [0.2, 0.25) is 0 Å². The molecule has 0 spiro atoms. The molecule has 0 saturated carbocycles. The molecule has 4 aromatic rings. The van der Waals surface area contributed by atoms with Gasteiger partial charge in [-0.25, -0.2) is 4.99 Å². The van der Waals surface area contributed by atoms with Gasteiger partial charge in [-0.3, -0.25) is 14.2 Å². The van der Waals surface area contributed by atoms with Crippen LogP contribution in [-0.4, -0.2) is 17.1 Å². The summed E-state index contributed by atoms with van der Waals surface area (Å²) in [6.45, 7) is 5.86. The van der Waals surface area contributed by atoms with Crippen LogP contribution in [0, 0.1) is 0 Å². The van der Waals surface area contributed by atoms with Crippen molar-refractivity contribution in [1.29, 1.82) is 0 Å². The van der Waals surface area contributed by atoms with Crippen molar-refractivity contribution >= 4 is 44.9 Å². The summed E-state index contributed by atoms with van der Waals surface area (Å²) in [4.78, 5) is 32.7. The highest BCUT2D eigenvalue weighted by molar-refractivity contribution is 9.10. The highest BCUT2D eigenvalue weighted by atomic mass is 79.9. The number of hydrogen-bond donors (Lipinski definition) is 1. The van der Waals surface area contributed by atoms with Crippen LogP contribution in [-0.2, 0) is 4.79 Å². The molecular formula is C30H24BrN3O3S. The van der Waals surface area contributed by atoms with Crippen LogP contribution in [0.4, 0.5) is 5.69 Å². The number of ether oxygens (including phenoxy) is 1. The molecule has 1 aliphatic heterocycles. The third kappa shape index (κ3) is 5.18. The summed E-state index contributed by atoms with van der Waals surface area (Å²) in [5.74, 6) is 0.338. The van der Waals surface area contributed by atoms with E-state index in [1.165, 1.54) is 11.3 Å². The SMILES string of the molecule is C=CCOc1ccc(Br)cc1/C=c1\sc2n(c1=O)[C@H](c1ccccc1)C(C(=O)Nc1ccccc1)=C(C)N=2. The highest BCUT2D eigenvalue weighted by Gasteiger charge is 2.32. The molecular weight excluding hydrogens is 562 g/mol. The Labute approximate surface area is 232 Å². The van der Waals surface area contributed by atoms with E-state index >= 15 is 0 Å². The maximum Gasteiger partial charge on any atom is 0.271 e. The number of carbonyl (C=O) groups is 1. The first-order valence-corrected chi connectivity index (χ1v) is 13.5. The number of nitrogens with one attached hydrogen (secondary N) is 1. The number of para-hydroxylation sites is 1. The van der Waals surface area contributed by atoms with Gasteiger partial charge in [0.05, 0.1) is 21.8 Å². The number of benzene rings is 3. The van der Waals surface area contributed by atoms with Crippen LogP contribution in [0.3, 0.4) is 0 Å². The van der Waals surface area contributed by atoms with Crippen LogP contribution in [0.5, 0.6) is 5.75 Å². The smallest absolute Gasteiger partial charge is 0.271 e. The number of halogens is 1. The molecule has 1 amide bonds. The number of fused-ring (bicyclic) bond motifs is 1. The fourth-order valence-corrected chi connectivity index (χ4v) is 5.75. The molecule has 6 nitrogen and oxygen atoms in total. The van der Waals surface area contributed by atoms with Gasteiger partial charge < -0.3 is 10.1 Å². The molecule has 2 heterocycles. The lowest BCUT2D eigenvalue weighted by Gasteiger charge is -2.25. The Bertz CT molecular complexity index is 1720. The van der Waals surface area contributed by atoms with Gasteiger partial charge in [-0.15, -0.1) is 0 Å². The Morgan fingerprint density at radius 2 is 1.84 bits per heavy atom. The van der Waals surface area contributed by atoms with E-state index in [-0.39, 0.29) is 11.5 Å². The number of anilines is 1. The fraction of sp³-hybridized carbons (Fsp3) is 0.100. The van der Waals surface area contributed by atoms with Gasteiger partial charge >= 0.3 is 0 Å². The largest absolute Gasteiger partial charge is 0.489 e. The summed E-state index contributed by atoms with van der Waals surface area (Å²) in [6.07, 6.45) is 3.47. The maximum atomic E-state index is 13.9. The van der Waals surface area contributed by atoms with Crippen LogP contribution in [0.15, 0.2) is 117 Å². The number of nitrogens with zero attached hydrogens (tertiary/aromatic N) is 2. The molecule has 0 unspecified atom stereocenters. The Hall–Kier alpha value is -4.01. The quantitative estimate of drug-likeness (QED) is 0.303. The minimum atomic E-state index is -0.627. The lowest BCUT2D eigenvalue weighted by atomic mass is 9.95. The molecule has 190 valence electrons. The second-order valence-corrected chi connectivity index (χ2v) is 10.5. The number of thiazole rings is 1. The van der Waals surface area contributed by atoms with E-state index in [9.17, 15) is 9.59 Å². The van der Waals surface area contributed by atoms with Gasteiger partial charge in [0.25, 0.3) is 11.5 Å². The molecule has 1 aliphatic rings. The number of rotatable bonds is 7. The van der Waals surface area contributed by atoms with Crippen molar-refractivity contribution in [2.45, 2.75) is 13.0 Å². The number of aromatic nitrogens is 1. The van der Waals surface area contributed by atoms with Crippen LogP contribution in [0.2, 0.25) is 0 Å². The van der Waals surface area contributed by atoms with E-state index in [1.54, 1.807) is 16.7 Å².